The quantitative estimate of drug-likeness (QED) is 0.724. The van der Waals surface area contributed by atoms with Crippen molar-refractivity contribution in [2.24, 2.45) is 0 Å². The van der Waals surface area contributed by atoms with Crippen LogP contribution in [0.15, 0.2) is 24.3 Å². The van der Waals surface area contributed by atoms with Crippen LogP contribution < -0.4 is 0 Å². The molecule has 2 N–H and O–H groups in total. The normalized spacial score (nSPS) is 20.6. The highest BCUT2D eigenvalue weighted by atomic mass is 35.5. The van der Waals surface area contributed by atoms with Crippen molar-refractivity contribution in [2.75, 3.05) is 6.61 Å². The maximum absolute atomic E-state index is 11.5. The van der Waals surface area contributed by atoms with Crippen molar-refractivity contribution in [3.05, 3.63) is 45.6 Å². The van der Waals surface area contributed by atoms with E-state index in [0.717, 1.165) is 28.6 Å². The minimum atomic E-state index is -0.890. The lowest BCUT2D eigenvalue weighted by molar-refractivity contribution is -0.149. The van der Waals surface area contributed by atoms with Gasteiger partial charge in [0.05, 0.1) is 34.3 Å². The molecule has 0 radical (unpaired) electrons. The molecule has 0 bridgehead atoms. The lowest BCUT2D eigenvalue weighted by atomic mass is 9.84. The van der Waals surface area contributed by atoms with Crippen molar-refractivity contribution in [2.45, 2.75) is 38.2 Å². The fourth-order valence-electron chi connectivity index (χ4n) is 3.51. The Labute approximate surface area is 150 Å². The second-order valence-electron chi connectivity index (χ2n) is 6.03. The number of benzene rings is 1. The summed E-state index contributed by atoms with van der Waals surface area (Å²) >= 11 is 12.7. The molecule has 24 heavy (non-hydrogen) atoms. The fraction of sp³-hybridized carbons (Fsp3) is 0.389. The molecule has 0 saturated heterocycles. The number of carboxylic acids is 1. The number of aliphatic carboxylic acids is 1. The number of carbonyl (C=O) groups is 1. The summed E-state index contributed by atoms with van der Waals surface area (Å²) in [6.45, 7) is 2.41. The zero-order chi connectivity index (χ0) is 17.3. The van der Waals surface area contributed by atoms with Gasteiger partial charge in [-0.2, -0.15) is 0 Å². The lowest BCUT2D eigenvalue weighted by Gasteiger charge is -2.36. The molecule has 6 heteroatoms. The Balaban J connectivity index is 2.19. The highest BCUT2D eigenvalue weighted by molar-refractivity contribution is 6.40. The first-order valence-electron chi connectivity index (χ1n) is 7.94. The molecule has 1 aromatic heterocycles. The summed E-state index contributed by atoms with van der Waals surface area (Å²) in [5.74, 6) is -0.890. The van der Waals surface area contributed by atoms with Gasteiger partial charge in [0.1, 0.15) is 5.60 Å². The number of aromatic amines is 1. The maximum atomic E-state index is 11.5. The highest BCUT2D eigenvalue weighted by Gasteiger charge is 2.42. The third-order valence-corrected chi connectivity index (χ3v) is 5.16. The predicted molar refractivity (Wildman–Crippen MR) is 96.0 cm³/mol. The zero-order valence-electron chi connectivity index (χ0n) is 13.4. The maximum Gasteiger partial charge on any atom is 0.306 e. The molecule has 2 heterocycles. The molecule has 128 valence electrons. The molecule has 1 aliphatic heterocycles. The molecule has 0 fully saturated rings. The van der Waals surface area contributed by atoms with Gasteiger partial charge in [0.2, 0.25) is 0 Å². The van der Waals surface area contributed by atoms with Crippen LogP contribution in [0.4, 0.5) is 0 Å². The van der Waals surface area contributed by atoms with Gasteiger partial charge in [-0.15, -0.1) is 0 Å². The van der Waals surface area contributed by atoms with Crippen LogP contribution in [0.5, 0.6) is 0 Å². The molecule has 1 aliphatic rings. The summed E-state index contributed by atoms with van der Waals surface area (Å²) in [5, 5.41) is 11.5. The second kappa shape index (κ2) is 6.79. The Morgan fingerprint density at radius 3 is 2.88 bits per heavy atom. The van der Waals surface area contributed by atoms with Gasteiger partial charge in [-0.3, -0.25) is 4.79 Å². The molecule has 1 aromatic carbocycles. The first kappa shape index (κ1) is 17.3. The van der Waals surface area contributed by atoms with Crippen molar-refractivity contribution in [3.8, 4) is 0 Å². The predicted octanol–water partition coefficient (Wildman–Crippen LogP) is 5.07. The number of rotatable bonds is 5. The number of hydrogen-bond acceptors (Lipinski definition) is 2. The fourth-order valence-corrected chi connectivity index (χ4v) is 3.98. The molecule has 0 saturated carbocycles. The van der Waals surface area contributed by atoms with E-state index < -0.39 is 11.6 Å². The smallest absolute Gasteiger partial charge is 0.306 e. The van der Waals surface area contributed by atoms with Crippen LogP contribution in [0.3, 0.4) is 0 Å². The topological polar surface area (TPSA) is 62.3 Å². The SMILES string of the molecule is CC=CCCC1(CC(=O)O)OCCc2c1[nH]c1c(Cl)ccc(Cl)c21. The number of hydrogen-bond donors (Lipinski definition) is 2. The number of nitrogens with one attached hydrogen (secondary N) is 1. The van der Waals surface area contributed by atoms with E-state index in [2.05, 4.69) is 4.98 Å². The summed E-state index contributed by atoms with van der Waals surface area (Å²) in [7, 11) is 0. The van der Waals surface area contributed by atoms with E-state index in [1.807, 2.05) is 19.1 Å². The summed E-state index contributed by atoms with van der Waals surface area (Å²) in [6, 6.07) is 3.52. The standard InChI is InChI=1S/C18H19Cl2NO3/c1-2-3-4-8-18(10-14(22)23)17-11(7-9-24-18)15-12(19)5-6-13(20)16(15)21-17/h2-3,5-6,21H,4,7-10H2,1H3,(H,22,23). The molecule has 1 atom stereocenters. The van der Waals surface area contributed by atoms with Crippen LogP contribution in [-0.2, 0) is 21.6 Å². The van der Waals surface area contributed by atoms with Gasteiger partial charge in [-0.1, -0.05) is 35.4 Å². The largest absolute Gasteiger partial charge is 0.481 e. The number of allylic oxidation sites excluding steroid dienone is 2. The Morgan fingerprint density at radius 2 is 2.17 bits per heavy atom. The summed E-state index contributed by atoms with van der Waals surface area (Å²) in [4.78, 5) is 14.8. The Hall–Kier alpha value is -1.49. The third-order valence-electron chi connectivity index (χ3n) is 4.53. The van der Waals surface area contributed by atoms with Crippen LogP contribution in [-0.4, -0.2) is 22.7 Å². The first-order chi connectivity index (χ1) is 11.5. The number of carboxylic acid groups (broad SMARTS) is 1. The van der Waals surface area contributed by atoms with Crippen LogP contribution in [0.1, 0.15) is 37.4 Å². The number of aromatic nitrogens is 1. The average molecular weight is 368 g/mol. The minimum absolute atomic E-state index is 0.0976. The van der Waals surface area contributed by atoms with E-state index in [1.165, 1.54) is 0 Å². The molecule has 4 nitrogen and oxygen atoms in total. The van der Waals surface area contributed by atoms with Crippen LogP contribution in [0, 0.1) is 0 Å². The summed E-state index contributed by atoms with van der Waals surface area (Å²) in [6.07, 6.45) is 5.87. The van der Waals surface area contributed by atoms with Gasteiger partial charge in [0, 0.05) is 5.39 Å². The zero-order valence-corrected chi connectivity index (χ0v) is 14.9. The Bertz CT molecular complexity index is 812. The van der Waals surface area contributed by atoms with E-state index in [4.69, 9.17) is 27.9 Å². The van der Waals surface area contributed by atoms with Gasteiger partial charge >= 0.3 is 5.97 Å². The molecule has 3 rings (SSSR count). The molecule has 1 unspecified atom stereocenters. The van der Waals surface area contributed by atoms with Gasteiger partial charge in [-0.25, -0.2) is 0 Å². The highest BCUT2D eigenvalue weighted by Crippen LogP contribution is 2.45. The Morgan fingerprint density at radius 1 is 1.42 bits per heavy atom. The van der Waals surface area contributed by atoms with Crippen molar-refractivity contribution in [1.82, 2.24) is 4.98 Å². The van der Waals surface area contributed by atoms with Gasteiger partial charge in [0.15, 0.2) is 0 Å². The third kappa shape index (κ3) is 2.94. The average Bonchev–Trinajstić information content (AvgIpc) is 2.93. The van der Waals surface area contributed by atoms with Gasteiger partial charge in [0.25, 0.3) is 0 Å². The van der Waals surface area contributed by atoms with E-state index in [9.17, 15) is 9.90 Å². The van der Waals surface area contributed by atoms with E-state index in [1.54, 1.807) is 12.1 Å². The van der Waals surface area contributed by atoms with Crippen LogP contribution in [0.2, 0.25) is 10.0 Å². The minimum Gasteiger partial charge on any atom is -0.481 e. The number of ether oxygens (including phenoxy) is 1. The number of halogens is 2. The number of H-pyrrole nitrogens is 1. The lowest BCUT2D eigenvalue weighted by Crippen LogP contribution is -2.37. The Kier molecular flexibility index (Phi) is 4.90. The monoisotopic (exact) mass is 367 g/mol. The van der Waals surface area contributed by atoms with E-state index in [-0.39, 0.29) is 6.42 Å². The molecular weight excluding hydrogens is 349 g/mol. The van der Waals surface area contributed by atoms with Gasteiger partial charge < -0.3 is 14.8 Å². The van der Waals surface area contributed by atoms with Gasteiger partial charge in [-0.05, 0) is 43.9 Å². The van der Waals surface area contributed by atoms with Crippen molar-refractivity contribution >= 4 is 40.1 Å². The van der Waals surface area contributed by atoms with Crippen LogP contribution in [0.25, 0.3) is 10.9 Å². The second-order valence-corrected chi connectivity index (χ2v) is 6.84. The molecular formula is C18H19Cl2NO3. The first-order valence-corrected chi connectivity index (χ1v) is 8.70. The molecule has 2 aromatic rings. The van der Waals surface area contributed by atoms with Crippen molar-refractivity contribution < 1.29 is 14.6 Å². The van der Waals surface area contributed by atoms with E-state index >= 15 is 0 Å². The summed E-state index contributed by atoms with van der Waals surface area (Å²) < 4.78 is 6.03. The van der Waals surface area contributed by atoms with E-state index in [0.29, 0.717) is 29.5 Å². The van der Waals surface area contributed by atoms with Crippen molar-refractivity contribution in [3.63, 3.8) is 0 Å². The summed E-state index contributed by atoms with van der Waals surface area (Å²) in [5.41, 5.74) is 1.68. The van der Waals surface area contributed by atoms with Crippen molar-refractivity contribution in [1.29, 1.82) is 0 Å². The number of fused-ring (bicyclic) bond motifs is 3. The molecule has 0 spiro atoms. The molecule has 0 aliphatic carbocycles. The molecule has 0 amide bonds. The van der Waals surface area contributed by atoms with Crippen LogP contribution >= 0.6 is 23.2 Å².